The summed E-state index contributed by atoms with van der Waals surface area (Å²) < 4.78 is 82.6. The molecule has 0 radical (unpaired) electrons. The molecule has 0 aliphatic rings. The maximum Gasteiger partial charge on any atom is 0.416 e. The van der Waals surface area contributed by atoms with Gasteiger partial charge in [0, 0.05) is 18.3 Å². The number of ether oxygens (including phenoxy) is 1. The van der Waals surface area contributed by atoms with Crippen LogP contribution in [-0.4, -0.2) is 37.4 Å². The van der Waals surface area contributed by atoms with Crippen LogP contribution in [0.25, 0.3) is 0 Å². The summed E-state index contributed by atoms with van der Waals surface area (Å²) in [6.45, 7) is -0.595. The van der Waals surface area contributed by atoms with E-state index < -0.39 is 47.4 Å². The highest BCUT2D eigenvalue weighted by Gasteiger charge is 2.37. The van der Waals surface area contributed by atoms with Gasteiger partial charge in [-0.15, -0.1) is 0 Å². The van der Waals surface area contributed by atoms with Crippen LogP contribution in [0.2, 0.25) is 0 Å². The number of hydrogen-bond donors (Lipinski definition) is 1. The van der Waals surface area contributed by atoms with Crippen LogP contribution in [0.15, 0.2) is 42.5 Å². The van der Waals surface area contributed by atoms with Crippen LogP contribution in [0.3, 0.4) is 0 Å². The van der Waals surface area contributed by atoms with Gasteiger partial charge in [0.1, 0.15) is 5.75 Å². The Kier molecular flexibility index (Phi) is 6.63. The smallest absolute Gasteiger partial charge is 0.416 e. The highest BCUT2D eigenvalue weighted by molar-refractivity contribution is 5.99. The van der Waals surface area contributed by atoms with Gasteiger partial charge in [-0.05, 0) is 42.5 Å². The Morgan fingerprint density at radius 2 is 1.43 bits per heavy atom. The third-order valence-corrected chi connectivity index (χ3v) is 3.94. The number of nitrogens with one attached hydrogen (secondary N) is 1. The summed E-state index contributed by atoms with van der Waals surface area (Å²) in [5, 5.41) is 2.45. The molecule has 5 nitrogen and oxygen atoms in total. The molecule has 162 valence electrons. The average Bonchev–Trinajstić information content (AvgIpc) is 2.66. The lowest BCUT2D eigenvalue weighted by Gasteiger charge is -2.19. The van der Waals surface area contributed by atoms with Crippen molar-refractivity contribution >= 4 is 17.5 Å². The second-order valence-corrected chi connectivity index (χ2v) is 6.23. The van der Waals surface area contributed by atoms with Crippen LogP contribution in [0.5, 0.6) is 5.75 Å². The van der Waals surface area contributed by atoms with Crippen molar-refractivity contribution in [3.8, 4) is 5.75 Å². The Morgan fingerprint density at radius 1 is 0.933 bits per heavy atom. The average molecular weight is 434 g/mol. The Bertz CT molecular complexity index is 891. The summed E-state index contributed by atoms with van der Waals surface area (Å²) in [5.74, 6) is -1.33. The Morgan fingerprint density at radius 3 is 1.87 bits per heavy atom. The Balaban J connectivity index is 2.18. The van der Waals surface area contributed by atoms with E-state index in [0.717, 1.165) is 7.05 Å². The molecule has 2 aromatic rings. The number of halogens is 6. The molecule has 0 atom stereocenters. The summed E-state index contributed by atoms with van der Waals surface area (Å²) in [6.07, 6.45) is -10.2. The molecule has 0 aliphatic carbocycles. The molecular weight excluding hydrogens is 418 g/mol. The molecule has 2 aromatic carbocycles. The first-order chi connectivity index (χ1) is 13.8. The number of benzene rings is 2. The zero-order valence-electron chi connectivity index (χ0n) is 15.7. The fraction of sp³-hybridized carbons (Fsp3) is 0.263. The number of rotatable bonds is 5. The van der Waals surface area contributed by atoms with Crippen molar-refractivity contribution in [1.82, 2.24) is 4.90 Å². The van der Waals surface area contributed by atoms with Crippen LogP contribution >= 0.6 is 0 Å². The quantitative estimate of drug-likeness (QED) is 0.708. The number of methoxy groups -OCH3 is 1. The summed E-state index contributed by atoms with van der Waals surface area (Å²) >= 11 is 0. The molecule has 0 saturated heterocycles. The lowest BCUT2D eigenvalue weighted by Crippen LogP contribution is -2.35. The molecule has 0 bridgehead atoms. The first kappa shape index (κ1) is 23.0. The number of alkyl halides is 6. The van der Waals surface area contributed by atoms with Crippen LogP contribution in [0.4, 0.5) is 32.0 Å². The molecule has 0 fully saturated rings. The van der Waals surface area contributed by atoms with Crippen molar-refractivity contribution in [2.24, 2.45) is 0 Å². The first-order valence-electron chi connectivity index (χ1n) is 8.30. The standard InChI is InChI=1S/C19H16F6N2O3/c1-27(10-16(28)26-14-3-5-15(30-2)6-4-14)17(29)11-7-12(18(20,21)22)9-13(8-11)19(23,24)25/h3-9H,10H2,1-2H3,(H,26,28). The zero-order valence-corrected chi connectivity index (χ0v) is 15.7. The van der Waals surface area contributed by atoms with E-state index in [1.807, 2.05) is 0 Å². The van der Waals surface area contributed by atoms with Crippen molar-refractivity contribution in [3.63, 3.8) is 0 Å². The van der Waals surface area contributed by atoms with Crippen LogP contribution < -0.4 is 10.1 Å². The lowest BCUT2D eigenvalue weighted by atomic mass is 10.0. The van der Waals surface area contributed by atoms with Crippen molar-refractivity contribution in [3.05, 3.63) is 59.2 Å². The number of likely N-dealkylation sites (N-methyl/N-ethyl adjacent to an activating group) is 1. The van der Waals surface area contributed by atoms with Gasteiger partial charge in [-0.25, -0.2) is 0 Å². The fourth-order valence-corrected chi connectivity index (χ4v) is 2.46. The number of anilines is 1. The van der Waals surface area contributed by atoms with Gasteiger partial charge in [0.2, 0.25) is 5.91 Å². The molecular formula is C19H16F6N2O3. The van der Waals surface area contributed by atoms with Crippen LogP contribution in [0.1, 0.15) is 21.5 Å². The number of amides is 2. The summed E-state index contributed by atoms with van der Waals surface area (Å²) in [7, 11) is 2.54. The predicted molar refractivity (Wildman–Crippen MR) is 95.0 cm³/mol. The second kappa shape index (κ2) is 8.64. The maximum atomic E-state index is 12.9. The maximum absolute atomic E-state index is 12.9. The number of hydrogen-bond acceptors (Lipinski definition) is 3. The predicted octanol–water partition coefficient (Wildman–Crippen LogP) is 4.44. The van der Waals surface area contributed by atoms with Crippen LogP contribution in [0, 0.1) is 0 Å². The van der Waals surface area contributed by atoms with Gasteiger partial charge in [0.25, 0.3) is 5.91 Å². The molecule has 0 saturated carbocycles. The minimum absolute atomic E-state index is 0.0762. The van der Waals surface area contributed by atoms with E-state index in [1.165, 1.54) is 19.2 Å². The van der Waals surface area contributed by atoms with E-state index in [1.54, 1.807) is 12.1 Å². The summed E-state index contributed by atoms with van der Waals surface area (Å²) in [5.41, 5.74) is -3.70. The second-order valence-electron chi connectivity index (χ2n) is 6.23. The van der Waals surface area contributed by atoms with E-state index in [-0.39, 0.29) is 6.07 Å². The topological polar surface area (TPSA) is 58.6 Å². The molecule has 0 heterocycles. The minimum Gasteiger partial charge on any atom is -0.497 e. The van der Waals surface area contributed by atoms with Crippen molar-refractivity contribution in [2.45, 2.75) is 12.4 Å². The van der Waals surface area contributed by atoms with Gasteiger partial charge in [0.05, 0.1) is 24.8 Å². The number of nitrogens with zero attached hydrogens (tertiary/aromatic N) is 1. The van der Waals surface area contributed by atoms with Crippen LogP contribution in [-0.2, 0) is 17.1 Å². The van der Waals surface area contributed by atoms with Gasteiger partial charge < -0.3 is 15.0 Å². The van der Waals surface area contributed by atoms with Crippen molar-refractivity contribution < 1.29 is 40.7 Å². The molecule has 1 N–H and O–H groups in total. The summed E-state index contributed by atoms with van der Waals surface area (Å²) in [6, 6.07) is 6.71. The molecule has 0 unspecified atom stereocenters. The normalized spacial score (nSPS) is 11.7. The molecule has 0 aromatic heterocycles. The highest BCUT2D eigenvalue weighted by atomic mass is 19.4. The Labute approximate surface area is 167 Å². The SMILES string of the molecule is COc1ccc(NC(=O)CN(C)C(=O)c2cc(C(F)(F)F)cc(C(F)(F)F)c2)cc1. The third-order valence-electron chi connectivity index (χ3n) is 3.94. The molecule has 2 amide bonds. The van der Waals surface area contributed by atoms with Gasteiger partial charge in [0.15, 0.2) is 0 Å². The molecule has 0 spiro atoms. The van der Waals surface area contributed by atoms with Crippen molar-refractivity contribution in [2.75, 3.05) is 26.0 Å². The molecule has 11 heteroatoms. The molecule has 2 rings (SSSR count). The van der Waals surface area contributed by atoms with E-state index in [9.17, 15) is 35.9 Å². The summed E-state index contributed by atoms with van der Waals surface area (Å²) in [4.78, 5) is 25.2. The van der Waals surface area contributed by atoms with Gasteiger partial charge in [-0.1, -0.05) is 0 Å². The highest BCUT2D eigenvalue weighted by Crippen LogP contribution is 2.36. The fourth-order valence-electron chi connectivity index (χ4n) is 2.46. The van der Waals surface area contributed by atoms with E-state index >= 15 is 0 Å². The van der Waals surface area contributed by atoms with Gasteiger partial charge >= 0.3 is 12.4 Å². The lowest BCUT2D eigenvalue weighted by molar-refractivity contribution is -0.143. The number of carbonyl (C=O) groups is 2. The monoisotopic (exact) mass is 434 g/mol. The van der Waals surface area contributed by atoms with E-state index in [4.69, 9.17) is 4.74 Å². The Hall–Kier alpha value is -3.24. The first-order valence-corrected chi connectivity index (χ1v) is 8.30. The van der Waals surface area contributed by atoms with Crippen molar-refractivity contribution in [1.29, 1.82) is 0 Å². The largest absolute Gasteiger partial charge is 0.497 e. The van der Waals surface area contributed by atoms with E-state index in [0.29, 0.717) is 28.5 Å². The van der Waals surface area contributed by atoms with Gasteiger partial charge in [-0.2, -0.15) is 26.3 Å². The number of carbonyl (C=O) groups excluding carboxylic acids is 2. The molecule has 0 aliphatic heterocycles. The molecule has 30 heavy (non-hydrogen) atoms. The minimum atomic E-state index is -5.08. The van der Waals surface area contributed by atoms with E-state index in [2.05, 4.69) is 5.32 Å². The third kappa shape index (κ3) is 5.88. The zero-order chi connectivity index (χ0) is 22.7. The van der Waals surface area contributed by atoms with Gasteiger partial charge in [-0.3, -0.25) is 9.59 Å².